The number of anilines is 1. The minimum Gasteiger partial charge on any atom is -0.491 e. The lowest BCUT2D eigenvalue weighted by Gasteiger charge is -2.25. The van der Waals surface area contributed by atoms with E-state index in [1.807, 2.05) is 6.92 Å². The molecule has 5 heteroatoms. The molecule has 1 aromatic rings. The van der Waals surface area contributed by atoms with E-state index >= 15 is 0 Å². The van der Waals surface area contributed by atoms with E-state index in [-0.39, 0.29) is 0 Å². The quantitative estimate of drug-likeness (QED) is 0.797. The van der Waals surface area contributed by atoms with Gasteiger partial charge >= 0.3 is 0 Å². The van der Waals surface area contributed by atoms with Crippen molar-refractivity contribution < 1.29 is 4.74 Å². The number of nitrogens with one attached hydrogen (secondary N) is 2. The molecule has 88 valence electrons. The van der Waals surface area contributed by atoms with Crippen molar-refractivity contribution in [3.05, 3.63) is 12.0 Å². The van der Waals surface area contributed by atoms with Gasteiger partial charge in [-0.1, -0.05) is 0 Å². The van der Waals surface area contributed by atoms with E-state index in [1.165, 1.54) is 12.8 Å². The first-order valence-electron chi connectivity index (χ1n) is 5.64. The second kappa shape index (κ2) is 5.12. The van der Waals surface area contributed by atoms with Gasteiger partial charge in [-0.2, -0.15) is 0 Å². The molecule has 0 saturated carbocycles. The summed E-state index contributed by atoms with van der Waals surface area (Å²) in [6.07, 6.45) is 3.93. The Balaban J connectivity index is 2.10. The fraction of sp³-hybridized carbons (Fsp3) is 0.636. The van der Waals surface area contributed by atoms with E-state index in [4.69, 9.17) is 4.74 Å². The first kappa shape index (κ1) is 11.1. The van der Waals surface area contributed by atoms with Crippen molar-refractivity contribution in [1.82, 2.24) is 15.3 Å². The first-order valence-corrected chi connectivity index (χ1v) is 5.64. The summed E-state index contributed by atoms with van der Waals surface area (Å²) in [6.45, 7) is 4.01. The van der Waals surface area contributed by atoms with Gasteiger partial charge in [0.15, 0.2) is 11.6 Å². The summed E-state index contributed by atoms with van der Waals surface area (Å²) in [6, 6.07) is 0.428. The van der Waals surface area contributed by atoms with Gasteiger partial charge in [0.1, 0.15) is 6.33 Å². The Morgan fingerprint density at radius 2 is 2.38 bits per heavy atom. The fourth-order valence-electron chi connectivity index (χ4n) is 1.98. The molecule has 1 atom stereocenters. The van der Waals surface area contributed by atoms with Gasteiger partial charge in [0.2, 0.25) is 0 Å². The van der Waals surface area contributed by atoms with Crippen LogP contribution < -0.4 is 15.4 Å². The number of nitrogens with zero attached hydrogens (tertiary/aromatic N) is 2. The van der Waals surface area contributed by atoms with E-state index in [9.17, 15) is 0 Å². The highest BCUT2D eigenvalue weighted by molar-refractivity contribution is 5.52. The molecule has 1 aliphatic rings. The Morgan fingerprint density at radius 3 is 3.06 bits per heavy atom. The second-order valence-electron chi connectivity index (χ2n) is 4.03. The Kier molecular flexibility index (Phi) is 3.56. The number of aromatic nitrogens is 2. The van der Waals surface area contributed by atoms with Crippen LogP contribution in [0.25, 0.3) is 0 Å². The third kappa shape index (κ3) is 2.41. The largest absolute Gasteiger partial charge is 0.491 e. The van der Waals surface area contributed by atoms with Crippen LogP contribution in [0.1, 0.15) is 18.5 Å². The highest BCUT2D eigenvalue weighted by Crippen LogP contribution is 2.25. The van der Waals surface area contributed by atoms with Crippen LogP contribution >= 0.6 is 0 Å². The highest BCUT2D eigenvalue weighted by atomic mass is 16.5. The van der Waals surface area contributed by atoms with Gasteiger partial charge < -0.3 is 15.4 Å². The van der Waals surface area contributed by atoms with E-state index in [0.29, 0.717) is 6.04 Å². The molecule has 0 aromatic carbocycles. The summed E-state index contributed by atoms with van der Waals surface area (Å²) in [5.41, 5.74) is 0.865. The summed E-state index contributed by atoms with van der Waals surface area (Å²) < 4.78 is 5.31. The van der Waals surface area contributed by atoms with Crippen LogP contribution in [0.4, 0.5) is 5.82 Å². The summed E-state index contributed by atoms with van der Waals surface area (Å²) in [5.74, 6) is 1.54. The lowest BCUT2D eigenvalue weighted by Crippen LogP contribution is -2.38. The predicted molar refractivity (Wildman–Crippen MR) is 62.8 cm³/mol. The van der Waals surface area contributed by atoms with E-state index in [2.05, 4.69) is 20.6 Å². The zero-order chi connectivity index (χ0) is 11.4. The molecule has 1 fully saturated rings. The normalized spacial score (nSPS) is 20.5. The minimum atomic E-state index is 0.428. The molecule has 1 aliphatic heterocycles. The molecule has 16 heavy (non-hydrogen) atoms. The van der Waals surface area contributed by atoms with Crippen LogP contribution in [-0.4, -0.2) is 36.2 Å². The molecule has 2 N–H and O–H groups in total. The van der Waals surface area contributed by atoms with Crippen molar-refractivity contribution in [2.45, 2.75) is 25.8 Å². The fourth-order valence-corrected chi connectivity index (χ4v) is 1.98. The topological polar surface area (TPSA) is 59.1 Å². The summed E-state index contributed by atoms with van der Waals surface area (Å²) >= 11 is 0. The molecule has 1 aromatic heterocycles. The van der Waals surface area contributed by atoms with Gasteiger partial charge in [0, 0.05) is 12.6 Å². The molecule has 0 aliphatic carbocycles. The average molecular weight is 222 g/mol. The van der Waals surface area contributed by atoms with Crippen LogP contribution in [0.3, 0.4) is 0 Å². The lowest BCUT2D eigenvalue weighted by atomic mass is 10.1. The van der Waals surface area contributed by atoms with E-state index in [0.717, 1.165) is 30.4 Å². The van der Waals surface area contributed by atoms with E-state index in [1.54, 1.807) is 13.4 Å². The zero-order valence-electron chi connectivity index (χ0n) is 9.79. The summed E-state index contributed by atoms with van der Waals surface area (Å²) in [5, 5.41) is 6.76. The van der Waals surface area contributed by atoms with Gasteiger partial charge in [-0.15, -0.1) is 0 Å². The monoisotopic (exact) mass is 222 g/mol. The molecule has 0 bridgehead atoms. The molecule has 0 amide bonds. The highest BCUT2D eigenvalue weighted by Gasteiger charge is 2.16. The van der Waals surface area contributed by atoms with Crippen molar-refractivity contribution >= 4 is 5.82 Å². The van der Waals surface area contributed by atoms with Crippen molar-refractivity contribution in [1.29, 1.82) is 0 Å². The maximum absolute atomic E-state index is 5.31. The Labute approximate surface area is 95.6 Å². The lowest BCUT2D eigenvalue weighted by molar-refractivity contribution is 0.406. The van der Waals surface area contributed by atoms with Crippen molar-refractivity contribution in [2.24, 2.45) is 0 Å². The number of piperidine rings is 1. The molecule has 0 radical (unpaired) electrons. The number of hydrogen-bond acceptors (Lipinski definition) is 5. The Bertz CT molecular complexity index is 350. The number of aryl methyl sites for hydroxylation is 1. The minimum absolute atomic E-state index is 0.428. The molecule has 1 saturated heterocycles. The van der Waals surface area contributed by atoms with Gasteiger partial charge in [0.05, 0.1) is 12.8 Å². The average Bonchev–Trinajstić information content (AvgIpc) is 2.31. The third-order valence-corrected chi connectivity index (χ3v) is 2.82. The van der Waals surface area contributed by atoms with Gasteiger partial charge in [0.25, 0.3) is 0 Å². The molecular formula is C11H18N4O. The maximum atomic E-state index is 5.31. The number of rotatable bonds is 3. The molecule has 2 rings (SSSR count). The molecule has 2 heterocycles. The smallest absolute Gasteiger partial charge is 0.182 e. The Morgan fingerprint density at radius 1 is 1.50 bits per heavy atom. The number of methoxy groups -OCH3 is 1. The van der Waals surface area contributed by atoms with Crippen LogP contribution in [0.5, 0.6) is 5.75 Å². The molecule has 5 nitrogen and oxygen atoms in total. The van der Waals surface area contributed by atoms with E-state index < -0.39 is 0 Å². The van der Waals surface area contributed by atoms with Crippen LogP contribution in [0.15, 0.2) is 6.33 Å². The van der Waals surface area contributed by atoms with Crippen LogP contribution in [0, 0.1) is 6.92 Å². The van der Waals surface area contributed by atoms with Crippen molar-refractivity contribution in [2.75, 3.05) is 25.5 Å². The predicted octanol–water partition coefficient (Wildman–Crippen LogP) is 0.958. The van der Waals surface area contributed by atoms with Crippen molar-refractivity contribution in [3.63, 3.8) is 0 Å². The van der Waals surface area contributed by atoms with Crippen LogP contribution in [0.2, 0.25) is 0 Å². The van der Waals surface area contributed by atoms with Gasteiger partial charge in [-0.3, -0.25) is 0 Å². The maximum Gasteiger partial charge on any atom is 0.182 e. The summed E-state index contributed by atoms with van der Waals surface area (Å²) in [7, 11) is 1.65. The molecular weight excluding hydrogens is 204 g/mol. The van der Waals surface area contributed by atoms with Gasteiger partial charge in [-0.25, -0.2) is 9.97 Å². The van der Waals surface area contributed by atoms with Crippen LogP contribution in [-0.2, 0) is 0 Å². The first-order chi connectivity index (χ1) is 7.81. The molecule has 0 spiro atoms. The SMILES string of the molecule is COc1c(C)ncnc1NC1CCCNC1. The van der Waals surface area contributed by atoms with Crippen molar-refractivity contribution in [3.8, 4) is 5.75 Å². The standard InChI is InChI=1S/C11H18N4O/c1-8-10(16-2)11(14-7-13-8)15-9-4-3-5-12-6-9/h7,9,12H,3-6H2,1-2H3,(H,13,14,15). The zero-order valence-corrected chi connectivity index (χ0v) is 9.79. The number of hydrogen-bond donors (Lipinski definition) is 2. The Hall–Kier alpha value is -1.36. The summed E-state index contributed by atoms with van der Waals surface area (Å²) in [4.78, 5) is 8.34. The third-order valence-electron chi connectivity index (χ3n) is 2.82. The second-order valence-corrected chi connectivity index (χ2v) is 4.03. The number of ether oxygens (including phenoxy) is 1. The molecule has 1 unspecified atom stereocenters. The van der Waals surface area contributed by atoms with Gasteiger partial charge in [-0.05, 0) is 26.3 Å².